The molecule has 0 fully saturated rings. The van der Waals surface area contributed by atoms with E-state index in [0.29, 0.717) is 0 Å². The van der Waals surface area contributed by atoms with Gasteiger partial charge in [0.1, 0.15) is 5.75 Å². The molecular formula is C15H15NO3. The summed E-state index contributed by atoms with van der Waals surface area (Å²) in [4.78, 5) is 23.2. The van der Waals surface area contributed by atoms with E-state index in [-0.39, 0.29) is 16.8 Å². The van der Waals surface area contributed by atoms with Crippen LogP contribution >= 0.6 is 0 Å². The third kappa shape index (κ3) is 2.57. The van der Waals surface area contributed by atoms with Crippen molar-refractivity contribution >= 4 is 5.78 Å². The lowest BCUT2D eigenvalue weighted by atomic mass is 10.1. The molecule has 0 aliphatic heterocycles. The molecular weight excluding hydrogens is 242 g/mol. The van der Waals surface area contributed by atoms with Gasteiger partial charge in [-0.3, -0.25) is 9.59 Å². The summed E-state index contributed by atoms with van der Waals surface area (Å²) >= 11 is 0. The fourth-order valence-electron chi connectivity index (χ4n) is 1.93. The summed E-state index contributed by atoms with van der Waals surface area (Å²) in [7, 11) is 1.60. The van der Waals surface area contributed by atoms with Crippen LogP contribution in [0.3, 0.4) is 0 Å². The number of hydrogen-bond acceptors (Lipinski definition) is 3. The maximum Gasteiger partial charge on any atom is 0.192 e. The topological polar surface area (TPSA) is 48.3 Å². The van der Waals surface area contributed by atoms with E-state index in [2.05, 4.69) is 0 Å². The average molecular weight is 257 g/mol. The summed E-state index contributed by atoms with van der Waals surface area (Å²) in [5, 5.41) is 0. The first-order valence-electron chi connectivity index (χ1n) is 5.91. The second-order valence-electron chi connectivity index (χ2n) is 4.32. The van der Waals surface area contributed by atoms with Gasteiger partial charge in [0.15, 0.2) is 11.2 Å². The molecule has 0 aliphatic carbocycles. The van der Waals surface area contributed by atoms with Crippen LogP contribution in [0.15, 0.2) is 41.3 Å². The number of Topliss-reactive ketones (excluding diaryl/α,β-unsaturated/α-hetero) is 1. The first-order valence-corrected chi connectivity index (χ1v) is 5.91. The number of methoxy groups -OCH3 is 1. The van der Waals surface area contributed by atoms with Crippen LogP contribution in [-0.2, 0) is 0 Å². The number of aromatic nitrogens is 1. The highest BCUT2D eigenvalue weighted by Crippen LogP contribution is 2.17. The molecule has 4 nitrogen and oxygen atoms in total. The molecule has 0 spiro atoms. The van der Waals surface area contributed by atoms with Crippen molar-refractivity contribution in [1.82, 2.24) is 4.57 Å². The quantitative estimate of drug-likeness (QED) is 0.793. The van der Waals surface area contributed by atoms with E-state index in [4.69, 9.17) is 4.74 Å². The van der Waals surface area contributed by atoms with Crippen molar-refractivity contribution in [1.29, 1.82) is 0 Å². The monoisotopic (exact) mass is 257 g/mol. The molecule has 1 heterocycles. The number of ketones is 1. The van der Waals surface area contributed by atoms with Crippen LogP contribution < -0.4 is 10.2 Å². The second-order valence-corrected chi connectivity index (χ2v) is 4.32. The molecule has 0 aliphatic rings. The van der Waals surface area contributed by atoms with E-state index >= 15 is 0 Å². The molecule has 0 bridgehead atoms. The smallest absolute Gasteiger partial charge is 0.192 e. The van der Waals surface area contributed by atoms with Crippen LogP contribution in [0, 0.1) is 6.92 Å². The lowest BCUT2D eigenvalue weighted by molar-refractivity contribution is 0.101. The maximum absolute atomic E-state index is 11.7. The minimum Gasteiger partial charge on any atom is -0.497 e. The van der Waals surface area contributed by atoms with Crippen LogP contribution in [-0.4, -0.2) is 17.5 Å². The van der Waals surface area contributed by atoms with Crippen molar-refractivity contribution in [3.63, 3.8) is 0 Å². The molecule has 19 heavy (non-hydrogen) atoms. The van der Waals surface area contributed by atoms with Crippen molar-refractivity contribution in [3.05, 3.63) is 58.0 Å². The molecule has 4 heteroatoms. The van der Waals surface area contributed by atoms with Gasteiger partial charge in [0.05, 0.1) is 12.7 Å². The number of benzene rings is 1. The van der Waals surface area contributed by atoms with Crippen molar-refractivity contribution in [2.75, 3.05) is 7.11 Å². The fourth-order valence-corrected chi connectivity index (χ4v) is 1.93. The summed E-state index contributed by atoms with van der Waals surface area (Å²) in [6.07, 6.45) is 1.58. The van der Waals surface area contributed by atoms with E-state index in [1.807, 2.05) is 31.2 Å². The molecule has 0 radical (unpaired) electrons. The minimum atomic E-state index is -0.246. The Morgan fingerprint density at radius 1 is 1.26 bits per heavy atom. The molecule has 0 amide bonds. The molecule has 2 aromatic rings. The van der Waals surface area contributed by atoms with Gasteiger partial charge in [0.25, 0.3) is 0 Å². The second kappa shape index (κ2) is 5.10. The van der Waals surface area contributed by atoms with Crippen LogP contribution in [0.25, 0.3) is 5.69 Å². The highest BCUT2D eigenvalue weighted by Gasteiger charge is 2.09. The lowest BCUT2D eigenvalue weighted by Gasteiger charge is -2.12. The Morgan fingerprint density at radius 3 is 2.63 bits per heavy atom. The standard InChI is InChI=1S/C15H15NO3/c1-10-7-15(18)14(11(2)17)9-16(10)12-5-4-6-13(8-12)19-3/h4-9H,1-3H3. The summed E-state index contributed by atoms with van der Waals surface area (Å²) in [5.74, 6) is 0.488. The van der Waals surface area contributed by atoms with Gasteiger partial charge in [-0.2, -0.15) is 0 Å². The van der Waals surface area contributed by atoms with Gasteiger partial charge in [-0.25, -0.2) is 0 Å². The third-order valence-electron chi connectivity index (χ3n) is 2.95. The van der Waals surface area contributed by atoms with Gasteiger partial charge in [-0.1, -0.05) is 6.07 Å². The van der Waals surface area contributed by atoms with E-state index < -0.39 is 0 Å². The zero-order valence-corrected chi connectivity index (χ0v) is 11.1. The number of carbonyl (C=O) groups is 1. The van der Waals surface area contributed by atoms with Gasteiger partial charge in [-0.05, 0) is 26.0 Å². The zero-order valence-electron chi connectivity index (χ0n) is 11.1. The molecule has 0 saturated carbocycles. The van der Waals surface area contributed by atoms with Gasteiger partial charge in [0, 0.05) is 29.7 Å². The Labute approximate surface area is 111 Å². The minimum absolute atomic E-state index is 0.188. The van der Waals surface area contributed by atoms with Crippen LogP contribution in [0.5, 0.6) is 5.75 Å². The largest absolute Gasteiger partial charge is 0.497 e. The summed E-state index contributed by atoms with van der Waals surface area (Å²) in [5.41, 5.74) is 1.56. The number of pyridine rings is 1. The highest BCUT2D eigenvalue weighted by atomic mass is 16.5. The van der Waals surface area contributed by atoms with E-state index in [0.717, 1.165) is 17.1 Å². The van der Waals surface area contributed by atoms with Gasteiger partial charge < -0.3 is 9.30 Å². The van der Waals surface area contributed by atoms with E-state index in [9.17, 15) is 9.59 Å². The first kappa shape index (κ1) is 13.1. The number of hydrogen-bond donors (Lipinski definition) is 0. The van der Waals surface area contributed by atoms with Crippen LogP contribution in [0.2, 0.25) is 0 Å². The van der Waals surface area contributed by atoms with Crippen LogP contribution in [0.4, 0.5) is 0 Å². The average Bonchev–Trinajstić information content (AvgIpc) is 2.38. The SMILES string of the molecule is COc1cccc(-n2cc(C(C)=O)c(=O)cc2C)c1. The Hall–Kier alpha value is -2.36. The zero-order chi connectivity index (χ0) is 14.0. The molecule has 0 N–H and O–H groups in total. The van der Waals surface area contributed by atoms with Crippen molar-refractivity contribution in [3.8, 4) is 11.4 Å². The molecule has 98 valence electrons. The molecule has 2 rings (SSSR count). The van der Waals surface area contributed by atoms with Crippen molar-refractivity contribution < 1.29 is 9.53 Å². The Morgan fingerprint density at radius 2 is 2.00 bits per heavy atom. The predicted molar refractivity (Wildman–Crippen MR) is 73.3 cm³/mol. The lowest BCUT2D eigenvalue weighted by Crippen LogP contribution is -2.17. The van der Waals surface area contributed by atoms with Crippen molar-refractivity contribution in [2.24, 2.45) is 0 Å². The summed E-state index contributed by atoms with van der Waals surface area (Å²) in [6.45, 7) is 3.22. The maximum atomic E-state index is 11.7. The summed E-state index contributed by atoms with van der Waals surface area (Å²) in [6, 6.07) is 8.91. The van der Waals surface area contributed by atoms with E-state index in [1.165, 1.54) is 13.0 Å². The number of carbonyl (C=O) groups excluding carboxylic acids is 1. The molecule has 0 atom stereocenters. The molecule has 0 unspecified atom stereocenters. The van der Waals surface area contributed by atoms with Gasteiger partial charge >= 0.3 is 0 Å². The predicted octanol–water partition coefficient (Wildman–Crippen LogP) is 2.36. The Bertz CT molecular complexity index is 686. The number of aryl methyl sites for hydroxylation is 1. The van der Waals surface area contributed by atoms with Crippen molar-refractivity contribution in [2.45, 2.75) is 13.8 Å². The number of nitrogens with zero attached hydrogens (tertiary/aromatic N) is 1. The fraction of sp³-hybridized carbons (Fsp3) is 0.200. The third-order valence-corrected chi connectivity index (χ3v) is 2.95. The molecule has 1 aromatic carbocycles. The normalized spacial score (nSPS) is 10.3. The molecule has 0 saturated heterocycles. The highest BCUT2D eigenvalue weighted by molar-refractivity contribution is 5.93. The number of ether oxygens (including phenoxy) is 1. The molecule has 1 aromatic heterocycles. The van der Waals surface area contributed by atoms with Crippen LogP contribution in [0.1, 0.15) is 23.0 Å². The first-order chi connectivity index (χ1) is 9.02. The Balaban J connectivity index is 2.64. The van der Waals surface area contributed by atoms with E-state index in [1.54, 1.807) is 17.9 Å². The number of rotatable bonds is 3. The summed E-state index contributed by atoms with van der Waals surface area (Å²) < 4.78 is 6.98. The van der Waals surface area contributed by atoms with Gasteiger partial charge in [0.2, 0.25) is 0 Å². The van der Waals surface area contributed by atoms with Gasteiger partial charge in [-0.15, -0.1) is 0 Å². The Kier molecular flexibility index (Phi) is 3.51.